The van der Waals surface area contributed by atoms with Crippen molar-refractivity contribution in [2.45, 2.75) is 13.5 Å². The minimum atomic E-state index is -0.225. The molecule has 0 saturated carbocycles. The average molecular weight is 334 g/mol. The van der Waals surface area contributed by atoms with Crippen LogP contribution in [-0.2, 0) is 6.61 Å². The fourth-order valence-electron chi connectivity index (χ4n) is 2.25. The van der Waals surface area contributed by atoms with Gasteiger partial charge in [-0.05, 0) is 24.6 Å². The standard InChI is InChI=1S/C19H18N4O2/c1-14-11-18(24)22-19(21-14)23-20-12-16-9-5-6-10-17(16)25-13-15-7-3-2-4-8-15/h2-12H,13H2,1H3,(H2,21,22,23,24)/b20-12+. The number of rotatable bonds is 6. The molecule has 0 saturated heterocycles. The van der Waals surface area contributed by atoms with Crippen LogP contribution in [0, 0.1) is 6.92 Å². The summed E-state index contributed by atoms with van der Waals surface area (Å²) < 4.78 is 5.87. The van der Waals surface area contributed by atoms with Crippen molar-refractivity contribution in [3.8, 4) is 5.75 Å². The van der Waals surface area contributed by atoms with Gasteiger partial charge in [-0.15, -0.1) is 0 Å². The summed E-state index contributed by atoms with van der Waals surface area (Å²) in [6, 6.07) is 19.0. The summed E-state index contributed by atoms with van der Waals surface area (Å²) in [6.07, 6.45) is 1.63. The molecule has 126 valence electrons. The van der Waals surface area contributed by atoms with E-state index in [1.165, 1.54) is 6.07 Å². The zero-order valence-electron chi connectivity index (χ0n) is 13.8. The lowest BCUT2D eigenvalue weighted by Gasteiger charge is -2.09. The zero-order chi connectivity index (χ0) is 17.5. The molecular formula is C19H18N4O2. The van der Waals surface area contributed by atoms with Crippen molar-refractivity contribution >= 4 is 12.2 Å². The molecule has 0 aliphatic heterocycles. The highest BCUT2D eigenvalue weighted by atomic mass is 16.5. The Balaban J connectivity index is 1.69. The van der Waals surface area contributed by atoms with Crippen molar-refractivity contribution in [1.29, 1.82) is 0 Å². The van der Waals surface area contributed by atoms with Crippen LogP contribution in [0.1, 0.15) is 16.8 Å². The van der Waals surface area contributed by atoms with Crippen molar-refractivity contribution < 1.29 is 4.74 Å². The summed E-state index contributed by atoms with van der Waals surface area (Å²) in [4.78, 5) is 18.1. The lowest BCUT2D eigenvalue weighted by atomic mass is 10.2. The highest BCUT2D eigenvalue weighted by Crippen LogP contribution is 2.17. The van der Waals surface area contributed by atoms with Crippen LogP contribution in [0.2, 0.25) is 0 Å². The highest BCUT2D eigenvalue weighted by molar-refractivity contribution is 5.83. The van der Waals surface area contributed by atoms with Crippen LogP contribution >= 0.6 is 0 Å². The van der Waals surface area contributed by atoms with Gasteiger partial charge in [-0.25, -0.2) is 10.4 Å². The van der Waals surface area contributed by atoms with Crippen molar-refractivity contribution in [3.63, 3.8) is 0 Å². The molecule has 1 heterocycles. The maximum absolute atomic E-state index is 11.4. The predicted octanol–water partition coefficient (Wildman–Crippen LogP) is 3.10. The number of hydrogen-bond acceptors (Lipinski definition) is 5. The van der Waals surface area contributed by atoms with E-state index in [0.29, 0.717) is 18.2 Å². The van der Waals surface area contributed by atoms with E-state index in [1.807, 2.05) is 54.6 Å². The number of nitrogens with zero attached hydrogens (tertiary/aromatic N) is 2. The third-order valence-electron chi connectivity index (χ3n) is 3.40. The molecule has 1 aromatic heterocycles. The van der Waals surface area contributed by atoms with Crippen molar-refractivity contribution in [3.05, 3.63) is 87.8 Å². The first-order chi connectivity index (χ1) is 12.2. The molecule has 0 aliphatic carbocycles. The van der Waals surface area contributed by atoms with Gasteiger partial charge in [-0.2, -0.15) is 5.10 Å². The van der Waals surface area contributed by atoms with Crippen LogP contribution in [0.5, 0.6) is 5.75 Å². The number of para-hydroxylation sites is 1. The second kappa shape index (κ2) is 7.92. The molecule has 0 bridgehead atoms. The molecule has 0 amide bonds. The molecule has 0 atom stereocenters. The van der Waals surface area contributed by atoms with Gasteiger partial charge in [0.05, 0.1) is 6.21 Å². The minimum absolute atomic E-state index is 0.225. The molecule has 0 fully saturated rings. The third-order valence-corrected chi connectivity index (χ3v) is 3.40. The Hall–Kier alpha value is -3.41. The van der Waals surface area contributed by atoms with E-state index in [0.717, 1.165) is 16.9 Å². The molecule has 6 nitrogen and oxygen atoms in total. The van der Waals surface area contributed by atoms with E-state index < -0.39 is 0 Å². The number of hydrazone groups is 1. The molecule has 2 N–H and O–H groups in total. The maximum atomic E-state index is 11.4. The number of aromatic amines is 1. The largest absolute Gasteiger partial charge is 0.488 e. The Morgan fingerprint density at radius 3 is 2.72 bits per heavy atom. The maximum Gasteiger partial charge on any atom is 0.252 e. The average Bonchev–Trinajstić information content (AvgIpc) is 2.61. The first kappa shape index (κ1) is 16.4. The summed E-state index contributed by atoms with van der Waals surface area (Å²) in [5.74, 6) is 1.02. The fraction of sp³-hybridized carbons (Fsp3) is 0.105. The molecule has 3 aromatic rings. The number of aromatic nitrogens is 2. The van der Waals surface area contributed by atoms with Crippen LogP contribution in [0.25, 0.3) is 0 Å². The van der Waals surface area contributed by atoms with Gasteiger partial charge in [0.1, 0.15) is 12.4 Å². The van der Waals surface area contributed by atoms with Crippen LogP contribution in [0.4, 0.5) is 5.95 Å². The first-order valence-electron chi connectivity index (χ1n) is 7.83. The molecule has 0 spiro atoms. The van der Waals surface area contributed by atoms with Crippen LogP contribution in [-0.4, -0.2) is 16.2 Å². The first-order valence-corrected chi connectivity index (χ1v) is 7.83. The van der Waals surface area contributed by atoms with Crippen LogP contribution < -0.4 is 15.7 Å². The van der Waals surface area contributed by atoms with E-state index in [2.05, 4.69) is 20.5 Å². The molecule has 3 rings (SSSR count). The molecule has 2 aromatic carbocycles. The Morgan fingerprint density at radius 2 is 1.92 bits per heavy atom. The van der Waals surface area contributed by atoms with Crippen LogP contribution in [0.15, 0.2) is 70.6 Å². The summed E-state index contributed by atoms with van der Waals surface area (Å²) in [5.41, 5.74) is 5.03. The van der Waals surface area contributed by atoms with E-state index in [9.17, 15) is 4.79 Å². The number of H-pyrrole nitrogens is 1. The van der Waals surface area contributed by atoms with E-state index in [4.69, 9.17) is 4.74 Å². The van der Waals surface area contributed by atoms with Gasteiger partial charge in [0.15, 0.2) is 0 Å². The van der Waals surface area contributed by atoms with Gasteiger partial charge in [-0.3, -0.25) is 9.78 Å². The number of nitrogens with one attached hydrogen (secondary N) is 2. The number of benzene rings is 2. The minimum Gasteiger partial charge on any atom is -0.488 e. The molecule has 0 unspecified atom stereocenters. The number of aryl methyl sites for hydroxylation is 1. The van der Waals surface area contributed by atoms with E-state index >= 15 is 0 Å². The summed E-state index contributed by atoms with van der Waals surface area (Å²) in [5, 5.41) is 4.12. The molecule has 0 aliphatic rings. The zero-order valence-corrected chi connectivity index (χ0v) is 13.8. The number of ether oxygens (including phenoxy) is 1. The molecule has 6 heteroatoms. The molecular weight excluding hydrogens is 316 g/mol. The van der Waals surface area contributed by atoms with E-state index in [-0.39, 0.29) is 5.56 Å². The summed E-state index contributed by atoms with van der Waals surface area (Å²) in [7, 11) is 0. The Bertz CT molecular complexity index is 920. The monoisotopic (exact) mass is 334 g/mol. The smallest absolute Gasteiger partial charge is 0.252 e. The van der Waals surface area contributed by atoms with Crippen LogP contribution in [0.3, 0.4) is 0 Å². The van der Waals surface area contributed by atoms with Crippen molar-refractivity contribution in [1.82, 2.24) is 9.97 Å². The summed E-state index contributed by atoms with van der Waals surface area (Å²) in [6.45, 7) is 2.22. The second-order valence-corrected chi connectivity index (χ2v) is 5.42. The van der Waals surface area contributed by atoms with Crippen molar-refractivity contribution in [2.75, 3.05) is 5.43 Å². The SMILES string of the molecule is Cc1cc(=O)[nH]c(N/N=C/c2ccccc2OCc2ccccc2)n1. The molecule has 0 radical (unpaired) electrons. The van der Waals surface area contributed by atoms with Gasteiger partial charge in [0, 0.05) is 17.3 Å². The van der Waals surface area contributed by atoms with Gasteiger partial charge < -0.3 is 4.74 Å². The Morgan fingerprint density at radius 1 is 1.16 bits per heavy atom. The van der Waals surface area contributed by atoms with Crippen molar-refractivity contribution in [2.24, 2.45) is 5.10 Å². The van der Waals surface area contributed by atoms with Gasteiger partial charge >= 0.3 is 0 Å². The van der Waals surface area contributed by atoms with Gasteiger partial charge in [0.25, 0.3) is 5.56 Å². The third kappa shape index (κ3) is 4.78. The Labute approximate surface area is 145 Å². The number of hydrogen-bond donors (Lipinski definition) is 2. The van der Waals surface area contributed by atoms with Gasteiger partial charge in [-0.1, -0.05) is 42.5 Å². The van der Waals surface area contributed by atoms with E-state index in [1.54, 1.807) is 13.1 Å². The normalized spacial score (nSPS) is 10.8. The molecule has 25 heavy (non-hydrogen) atoms. The predicted molar refractivity (Wildman–Crippen MR) is 98.0 cm³/mol. The number of anilines is 1. The summed E-state index contributed by atoms with van der Waals surface area (Å²) >= 11 is 0. The Kier molecular flexibility index (Phi) is 5.21. The lowest BCUT2D eigenvalue weighted by Crippen LogP contribution is -2.10. The topological polar surface area (TPSA) is 79.4 Å². The second-order valence-electron chi connectivity index (χ2n) is 5.42. The lowest BCUT2D eigenvalue weighted by molar-refractivity contribution is 0.306. The fourth-order valence-corrected chi connectivity index (χ4v) is 2.25. The highest BCUT2D eigenvalue weighted by Gasteiger charge is 2.01. The van der Waals surface area contributed by atoms with Gasteiger partial charge in [0.2, 0.25) is 5.95 Å². The quantitative estimate of drug-likeness (QED) is 0.536.